The van der Waals surface area contributed by atoms with Crippen LogP contribution in [0.4, 0.5) is 0 Å². The highest BCUT2D eigenvalue weighted by Crippen LogP contribution is 2.34. The molecule has 0 aromatic rings. The number of piperazine rings is 1. The van der Waals surface area contributed by atoms with Crippen molar-refractivity contribution in [2.45, 2.75) is 58.2 Å². The molecule has 1 saturated carbocycles. The van der Waals surface area contributed by atoms with Crippen LogP contribution in [0.1, 0.15) is 40.5 Å². The molecule has 2 aliphatic rings. The van der Waals surface area contributed by atoms with E-state index >= 15 is 0 Å². The van der Waals surface area contributed by atoms with E-state index in [-0.39, 0.29) is 5.60 Å². The molecule has 1 aliphatic heterocycles. The summed E-state index contributed by atoms with van der Waals surface area (Å²) in [4.78, 5) is 2.59. The van der Waals surface area contributed by atoms with Gasteiger partial charge in [0.15, 0.2) is 0 Å². The fraction of sp³-hybridized carbons (Fsp3) is 1.00. The summed E-state index contributed by atoms with van der Waals surface area (Å²) in [5, 5.41) is 3.68. The molecule has 0 amide bonds. The largest absolute Gasteiger partial charge is 0.375 e. The summed E-state index contributed by atoms with van der Waals surface area (Å²) in [6.07, 6.45) is 2.86. The van der Waals surface area contributed by atoms with Gasteiger partial charge in [0.1, 0.15) is 0 Å². The Morgan fingerprint density at radius 2 is 2.00 bits per heavy atom. The van der Waals surface area contributed by atoms with Crippen molar-refractivity contribution >= 4 is 0 Å². The van der Waals surface area contributed by atoms with E-state index in [1.54, 1.807) is 0 Å². The van der Waals surface area contributed by atoms with Gasteiger partial charge in [0, 0.05) is 31.7 Å². The van der Waals surface area contributed by atoms with Gasteiger partial charge >= 0.3 is 0 Å². The van der Waals surface area contributed by atoms with Gasteiger partial charge in [-0.3, -0.25) is 4.90 Å². The van der Waals surface area contributed by atoms with Crippen LogP contribution in [-0.4, -0.2) is 48.8 Å². The predicted molar refractivity (Wildman–Crippen MR) is 71.3 cm³/mol. The summed E-state index contributed by atoms with van der Waals surface area (Å²) >= 11 is 0. The molecule has 1 saturated heterocycles. The van der Waals surface area contributed by atoms with Gasteiger partial charge in [-0.2, -0.15) is 0 Å². The quantitative estimate of drug-likeness (QED) is 0.812. The van der Waals surface area contributed by atoms with Crippen LogP contribution in [0.3, 0.4) is 0 Å². The van der Waals surface area contributed by atoms with Crippen molar-refractivity contribution in [2.24, 2.45) is 5.92 Å². The normalized spacial score (nSPS) is 31.8. The summed E-state index contributed by atoms with van der Waals surface area (Å²) in [6, 6.07) is 1.38. The summed E-state index contributed by atoms with van der Waals surface area (Å²) < 4.78 is 5.83. The Hall–Kier alpha value is -0.120. The van der Waals surface area contributed by atoms with Crippen molar-refractivity contribution in [3.05, 3.63) is 0 Å². The van der Waals surface area contributed by atoms with Crippen LogP contribution in [0.15, 0.2) is 0 Å². The van der Waals surface area contributed by atoms with Crippen LogP contribution in [-0.2, 0) is 4.74 Å². The molecule has 0 bridgehead atoms. The number of ether oxygens (including phenoxy) is 1. The molecule has 1 N–H and O–H groups in total. The average Bonchev–Trinajstić information content (AvgIpc) is 3.02. The van der Waals surface area contributed by atoms with Gasteiger partial charge < -0.3 is 10.1 Å². The van der Waals surface area contributed by atoms with Crippen LogP contribution in [0.2, 0.25) is 0 Å². The fourth-order valence-corrected chi connectivity index (χ4v) is 2.54. The first kappa shape index (κ1) is 13.3. The molecule has 2 atom stereocenters. The topological polar surface area (TPSA) is 24.5 Å². The first-order valence-electron chi connectivity index (χ1n) is 7.07. The van der Waals surface area contributed by atoms with E-state index in [1.807, 2.05) is 0 Å². The molecular weight excluding hydrogens is 212 g/mol. The zero-order valence-corrected chi connectivity index (χ0v) is 11.8. The minimum Gasteiger partial charge on any atom is -0.375 e. The maximum absolute atomic E-state index is 5.83. The molecule has 3 heteroatoms. The van der Waals surface area contributed by atoms with Gasteiger partial charge in [0.2, 0.25) is 0 Å². The minimum atomic E-state index is -0.00678. The fourth-order valence-electron chi connectivity index (χ4n) is 2.54. The molecule has 100 valence electrons. The lowest BCUT2D eigenvalue weighted by Crippen LogP contribution is -2.56. The van der Waals surface area contributed by atoms with E-state index in [1.165, 1.54) is 19.4 Å². The molecule has 2 rings (SSSR count). The Labute approximate surface area is 106 Å². The first-order valence-corrected chi connectivity index (χ1v) is 7.07. The van der Waals surface area contributed by atoms with Crippen molar-refractivity contribution in [1.82, 2.24) is 10.2 Å². The highest BCUT2D eigenvalue weighted by molar-refractivity contribution is 4.93. The molecule has 0 aromatic heterocycles. The minimum absolute atomic E-state index is 0.00678. The second-order valence-electron chi connectivity index (χ2n) is 6.66. The number of hydrogen-bond donors (Lipinski definition) is 1. The van der Waals surface area contributed by atoms with Crippen molar-refractivity contribution in [3.63, 3.8) is 0 Å². The van der Waals surface area contributed by atoms with Crippen LogP contribution in [0.25, 0.3) is 0 Å². The molecule has 1 heterocycles. The van der Waals surface area contributed by atoms with E-state index in [9.17, 15) is 0 Å². The summed E-state index contributed by atoms with van der Waals surface area (Å²) in [5.41, 5.74) is -0.00678. The molecule has 2 unspecified atom stereocenters. The van der Waals surface area contributed by atoms with Gasteiger partial charge in [-0.1, -0.05) is 0 Å². The summed E-state index contributed by atoms with van der Waals surface area (Å²) in [6.45, 7) is 13.0. The van der Waals surface area contributed by atoms with Crippen molar-refractivity contribution in [3.8, 4) is 0 Å². The molecule has 3 nitrogen and oxygen atoms in total. The standard InChI is InChI=1S/C14H28N2O/c1-11-9-15-13(12-5-6-12)10-16(11)7-8-17-14(2,3)4/h11-13,15H,5-10H2,1-4H3. The van der Waals surface area contributed by atoms with E-state index in [0.717, 1.165) is 31.7 Å². The maximum Gasteiger partial charge on any atom is 0.0600 e. The van der Waals surface area contributed by atoms with Gasteiger partial charge in [-0.15, -0.1) is 0 Å². The molecule has 0 spiro atoms. The number of nitrogens with one attached hydrogen (secondary N) is 1. The second kappa shape index (κ2) is 5.25. The third-order valence-electron chi connectivity index (χ3n) is 3.83. The Bertz CT molecular complexity index is 245. The van der Waals surface area contributed by atoms with E-state index in [0.29, 0.717) is 6.04 Å². The van der Waals surface area contributed by atoms with Crippen molar-refractivity contribution in [1.29, 1.82) is 0 Å². The zero-order valence-electron chi connectivity index (χ0n) is 11.8. The van der Waals surface area contributed by atoms with Gasteiger partial charge in [0.25, 0.3) is 0 Å². The number of rotatable bonds is 4. The molecule has 0 aromatic carbocycles. The summed E-state index contributed by atoms with van der Waals surface area (Å²) in [7, 11) is 0. The van der Waals surface area contributed by atoms with E-state index in [4.69, 9.17) is 4.74 Å². The maximum atomic E-state index is 5.83. The smallest absolute Gasteiger partial charge is 0.0600 e. The van der Waals surface area contributed by atoms with Crippen LogP contribution < -0.4 is 5.32 Å². The lowest BCUT2D eigenvalue weighted by Gasteiger charge is -2.39. The van der Waals surface area contributed by atoms with Crippen LogP contribution in [0.5, 0.6) is 0 Å². The monoisotopic (exact) mass is 240 g/mol. The zero-order chi connectivity index (χ0) is 12.5. The predicted octanol–water partition coefficient (Wildman–Crippen LogP) is 1.87. The lowest BCUT2D eigenvalue weighted by molar-refractivity contribution is -0.0215. The van der Waals surface area contributed by atoms with Gasteiger partial charge in [-0.05, 0) is 46.5 Å². The Kier molecular flexibility index (Phi) is 4.11. The summed E-state index contributed by atoms with van der Waals surface area (Å²) in [5.74, 6) is 0.952. The molecule has 0 radical (unpaired) electrons. The molecule has 2 fully saturated rings. The number of nitrogens with zero attached hydrogens (tertiary/aromatic N) is 1. The second-order valence-corrected chi connectivity index (χ2v) is 6.66. The van der Waals surface area contributed by atoms with Crippen LogP contribution in [0, 0.1) is 5.92 Å². The van der Waals surface area contributed by atoms with Crippen molar-refractivity contribution in [2.75, 3.05) is 26.2 Å². The first-order chi connectivity index (χ1) is 7.96. The Morgan fingerprint density at radius 3 is 2.59 bits per heavy atom. The van der Waals surface area contributed by atoms with Gasteiger partial charge in [0.05, 0.1) is 12.2 Å². The molecule has 17 heavy (non-hydrogen) atoms. The third-order valence-corrected chi connectivity index (χ3v) is 3.83. The van der Waals surface area contributed by atoms with E-state index < -0.39 is 0 Å². The average molecular weight is 240 g/mol. The highest BCUT2D eigenvalue weighted by atomic mass is 16.5. The van der Waals surface area contributed by atoms with Gasteiger partial charge in [-0.25, -0.2) is 0 Å². The number of hydrogen-bond acceptors (Lipinski definition) is 3. The molecular formula is C14H28N2O. The Morgan fingerprint density at radius 1 is 1.29 bits per heavy atom. The van der Waals surface area contributed by atoms with Crippen molar-refractivity contribution < 1.29 is 4.74 Å². The highest BCUT2D eigenvalue weighted by Gasteiger charge is 2.35. The van der Waals surface area contributed by atoms with E-state index in [2.05, 4.69) is 37.9 Å². The third kappa shape index (κ3) is 4.23. The Balaban J connectivity index is 1.73. The SMILES string of the molecule is CC1CNC(C2CC2)CN1CCOC(C)(C)C. The van der Waals surface area contributed by atoms with Crippen LogP contribution >= 0.6 is 0 Å². The lowest BCUT2D eigenvalue weighted by atomic mass is 10.1. The molecule has 1 aliphatic carbocycles.